The number of amides is 1. The van der Waals surface area contributed by atoms with Crippen molar-refractivity contribution in [3.63, 3.8) is 0 Å². The Morgan fingerprint density at radius 3 is 2.94 bits per heavy atom. The van der Waals surface area contributed by atoms with Crippen LogP contribution in [0.2, 0.25) is 0 Å². The van der Waals surface area contributed by atoms with Crippen molar-refractivity contribution in [2.75, 3.05) is 24.3 Å². The smallest absolute Gasteiger partial charge is 0.273 e. The minimum atomic E-state index is -0.195. The van der Waals surface area contributed by atoms with Gasteiger partial charge in [0.05, 0.1) is 11.4 Å². The van der Waals surface area contributed by atoms with Crippen molar-refractivity contribution in [1.29, 1.82) is 0 Å². The highest BCUT2D eigenvalue weighted by molar-refractivity contribution is 7.98. The summed E-state index contributed by atoms with van der Waals surface area (Å²) in [5.41, 5.74) is 7.54. The molecule has 1 unspecified atom stereocenters. The summed E-state index contributed by atoms with van der Waals surface area (Å²) in [5.74, 6) is 1.27. The van der Waals surface area contributed by atoms with Crippen LogP contribution < -0.4 is 11.1 Å². The van der Waals surface area contributed by atoms with E-state index in [0.29, 0.717) is 23.8 Å². The van der Waals surface area contributed by atoms with Crippen LogP contribution in [0.5, 0.6) is 0 Å². The second kappa shape index (κ2) is 7.31. The van der Waals surface area contributed by atoms with Gasteiger partial charge in [-0.1, -0.05) is 20.3 Å². The molecule has 1 heterocycles. The fourth-order valence-corrected chi connectivity index (χ4v) is 2.38. The highest BCUT2D eigenvalue weighted by Gasteiger charge is 2.16. The van der Waals surface area contributed by atoms with Crippen LogP contribution >= 0.6 is 11.8 Å². The molecule has 1 aromatic heterocycles. The van der Waals surface area contributed by atoms with Gasteiger partial charge in [0.2, 0.25) is 0 Å². The van der Waals surface area contributed by atoms with Crippen molar-refractivity contribution in [2.45, 2.75) is 26.7 Å². The number of nitrogens with two attached hydrogens (primary N) is 1. The van der Waals surface area contributed by atoms with E-state index in [4.69, 9.17) is 5.73 Å². The second-order valence-electron chi connectivity index (χ2n) is 4.48. The molecule has 0 fully saturated rings. The minimum absolute atomic E-state index is 0.195. The van der Waals surface area contributed by atoms with Gasteiger partial charge in [-0.2, -0.15) is 16.9 Å². The van der Waals surface area contributed by atoms with Crippen LogP contribution in [0.15, 0.2) is 0 Å². The van der Waals surface area contributed by atoms with Crippen LogP contribution in [0.25, 0.3) is 0 Å². The quantitative estimate of drug-likeness (QED) is 0.704. The second-order valence-corrected chi connectivity index (χ2v) is 5.40. The summed E-state index contributed by atoms with van der Waals surface area (Å²) in [6.07, 6.45) is 3.84. The monoisotopic (exact) mass is 270 g/mol. The van der Waals surface area contributed by atoms with Crippen molar-refractivity contribution in [3.05, 3.63) is 11.4 Å². The number of nitrogen functional groups attached to an aromatic ring is 1. The van der Waals surface area contributed by atoms with E-state index in [1.807, 2.05) is 0 Å². The molecule has 0 aliphatic carbocycles. The molecule has 0 bridgehead atoms. The third-order valence-electron chi connectivity index (χ3n) is 2.66. The number of nitrogens with zero attached hydrogens (tertiary/aromatic N) is 1. The number of thioether (sulfide) groups is 1. The Morgan fingerprint density at radius 2 is 2.33 bits per heavy atom. The van der Waals surface area contributed by atoms with Gasteiger partial charge in [0.1, 0.15) is 0 Å². The van der Waals surface area contributed by atoms with Crippen molar-refractivity contribution in [1.82, 2.24) is 15.5 Å². The zero-order valence-corrected chi connectivity index (χ0v) is 12.1. The molecule has 0 saturated carbocycles. The molecule has 102 valence electrons. The van der Waals surface area contributed by atoms with E-state index in [9.17, 15) is 4.79 Å². The number of hydrogen-bond acceptors (Lipinski definition) is 4. The molecule has 0 saturated heterocycles. The van der Waals surface area contributed by atoms with Crippen molar-refractivity contribution in [3.8, 4) is 0 Å². The number of carbonyl (C=O) groups is 1. The number of aromatic amines is 1. The number of aryl methyl sites for hydroxylation is 1. The van der Waals surface area contributed by atoms with Gasteiger partial charge in [0.15, 0.2) is 5.69 Å². The van der Waals surface area contributed by atoms with Crippen molar-refractivity contribution >= 4 is 23.4 Å². The lowest BCUT2D eigenvalue weighted by atomic mass is 10.2. The van der Waals surface area contributed by atoms with Crippen LogP contribution in [-0.2, 0) is 6.42 Å². The maximum Gasteiger partial charge on any atom is 0.273 e. The fourth-order valence-electron chi connectivity index (χ4n) is 1.69. The van der Waals surface area contributed by atoms with E-state index in [1.54, 1.807) is 11.8 Å². The molecular weight excluding hydrogens is 248 g/mol. The number of carbonyl (C=O) groups excluding carboxylic acids is 1. The molecule has 1 amide bonds. The molecule has 18 heavy (non-hydrogen) atoms. The van der Waals surface area contributed by atoms with Gasteiger partial charge >= 0.3 is 0 Å². The SMILES string of the molecule is CCCc1[nH]nc(C(=O)NCC(C)CSC)c1N. The Hall–Kier alpha value is -1.17. The summed E-state index contributed by atoms with van der Waals surface area (Å²) < 4.78 is 0. The normalized spacial score (nSPS) is 12.4. The van der Waals surface area contributed by atoms with E-state index in [2.05, 4.69) is 35.6 Å². The largest absolute Gasteiger partial charge is 0.395 e. The average Bonchev–Trinajstić information content (AvgIpc) is 2.69. The molecule has 1 atom stereocenters. The summed E-state index contributed by atoms with van der Waals surface area (Å²) in [6, 6.07) is 0. The first kappa shape index (κ1) is 14.9. The molecule has 5 nitrogen and oxygen atoms in total. The molecule has 0 aliphatic rings. The van der Waals surface area contributed by atoms with Gasteiger partial charge in [0, 0.05) is 6.54 Å². The molecular formula is C12H22N4OS. The van der Waals surface area contributed by atoms with Crippen LogP contribution in [-0.4, -0.2) is 34.7 Å². The summed E-state index contributed by atoms with van der Waals surface area (Å²) >= 11 is 1.77. The lowest BCUT2D eigenvalue weighted by molar-refractivity contribution is 0.0945. The maximum absolute atomic E-state index is 11.9. The Labute approximate surface area is 112 Å². The highest BCUT2D eigenvalue weighted by atomic mass is 32.2. The number of anilines is 1. The molecule has 1 rings (SSSR count). The summed E-state index contributed by atoms with van der Waals surface area (Å²) in [4.78, 5) is 11.9. The van der Waals surface area contributed by atoms with E-state index in [-0.39, 0.29) is 5.91 Å². The summed E-state index contributed by atoms with van der Waals surface area (Å²) in [5, 5.41) is 9.68. The van der Waals surface area contributed by atoms with Gasteiger partial charge in [-0.15, -0.1) is 0 Å². The van der Waals surface area contributed by atoms with E-state index in [1.165, 1.54) is 0 Å². The topological polar surface area (TPSA) is 83.8 Å². The Balaban J connectivity index is 2.56. The van der Waals surface area contributed by atoms with Gasteiger partial charge < -0.3 is 11.1 Å². The molecule has 0 aliphatic heterocycles. The predicted octanol–water partition coefficient (Wildman–Crippen LogP) is 1.67. The van der Waals surface area contributed by atoms with Crippen molar-refractivity contribution < 1.29 is 4.79 Å². The van der Waals surface area contributed by atoms with Crippen molar-refractivity contribution in [2.24, 2.45) is 5.92 Å². The third-order valence-corrected chi connectivity index (χ3v) is 3.56. The van der Waals surface area contributed by atoms with Gasteiger partial charge in [-0.3, -0.25) is 9.89 Å². The summed E-state index contributed by atoms with van der Waals surface area (Å²) in [7, 11) is 0. The number of aromatic nitrogens is 2. The molecule has 4 N–H and O–H groups in total. The van der Waals surface area contributed by atoms with Gasteiger partial charge in [0.25, 0.3) is 5.91 Å². The van der Waals surface area contributed by atoms with E-state index < -0.39 is 0 Å². The molecule has 1 aromatic rings. The number of rotatable bonds is 7. The Morgan fingerprint density at radius 1 is 1.61 bits per heavy atom. The zero-order chi connectivity index (χ0) is 13.5. The number of nitrogens with one attached hydrogen (secondary N) is 2. The Bertz CT molecular complexity index is 391. The molecule has 0 radical (unpaired) electrons. The minimum Gasteiger partial charge on any atom is -0.395 e. The third kappa shape index (κ3) is 3.94. The number of H-pyrrole nitrogens is 1. The maximum atomic E-state index is 11.9. The van der Waals surface area contributed by atoms with Gasteiger partial charge in [-0.25, -0.2) is 0 Å². The van der Waals surface area contributed by atoms with Crippen LogP contribution in [0.3, 0.4) is 0 Å². The number of hydrogen-bond donors (Lipinski definition) is 3. The van der Waals surface area contributed by atoms with Crippen LogP contribution in [0.4, 0.5) is 5.69 Å². The standard InChI is InChI=1S/C12H22N4OS/c1-4-5-9-10(13)11(16-15-9)12(17)14-6-8(2)7-18-3/h8H,4-7,13H2,1-3H3,(H,14,17)(H,15,16). The van der Waals surface area contributed by atoms with Crippen LogP contribution in [0.1, 0.15) is 36.5 Å². The first-order chi connectivity index (χ1) is 8.60. The predicted molar refractivity (Wildman–Crippen MR) is 76.9 cm³/mol. The highest BCUT2D eigenvalue weighted by Crippen LogP contribution is 2.15. The zero-order valence-electron chi connectivity index (χ0n) is 11.2. The lowest BCUT2D eigenvalue weighted by Gasteiger charge is -2.10. The molecule has 6 heteroatoms. The first-order valence-electron chi connectivity index (χ1n) is 6.19. The average molecular weight is 270 g/mol. The first-order valence-corrected chi connectivity index (χ1v) is 7.59. The lowest BCUT2D eigenvalue weighted by Crippen LogP contribution is -2.29. The van der Waals surface area contributed by atoms with Crippen LogP contribution in [0, 0.1) is 5.92 Å². The molecule has 0 spiro atoms. The summed E-state index contributed by atoms with van der Waals surface area (Å²) in [6.45, 7) is 4.81. The van der Waals surface area contributed by atoms with E-state index in [0.717, 1.165) is 24.3 Å². The van der Waals surface area contributed by atoms with Gasteiger partial charge in [-0.05, 0) is 24.3 Å². The van der Waals surface area contributed by atoms with E-state index >= 15 is 0 Å². The molecule has 0 aromatic carbocycles. The Kier molecular flexibility index (Phi) is 6.04. The fraction of sp³-hybridized carbons (Fsp3) is 0.667.